The van der Waals surface area contributed by atoms with Crippen LogP contribution in [0.2, 0.25) is 0 Å². The molecule has 0 saturated heterocycles. The van der Waals surface area contributed by atoms with E-state index in [0.717, 1.165) is 5.56 Å². The second kappa shape index (κ2) is 5.29. The summed E-state index contributed by atoms with van der Waals surface area (Å²) in [6, 6.07) is 14.0. The highest BCUT2D eigenvalue weighted by Gasteiger charge is 2.02. The molecule has 0 aliphatic heterocycles. The minimum Gasteiger partial charge on any atom is -0.256 e. The Kier molecular flexibility index (Phi) is 3.54. The number of nitriles is 1. The molecule has 88 valence electrons. The van der Waals surface area contributed by atoms with Crippen molar-refractivity contribution in [2.75, 3.05) is 0 Å². The quantitative estimate of drug-likeness (QED) is 0.742. The van der Waals surface area contributed by atoms with Gasteiger partial charge in [-0.15, -0.1) is 0 Å². The monoisotopic (exact) mass is 234 g/mol. The van der Waals surface area contributed by atoms with Gasteiger partial charge in [0.15, 0.2) is 0 Å². The number of hydrogen-bond acceptors (Lipinski definition) is 2. The molecule has 1 heterocycles. The molecule has 0 N–H and O–H groups in total. The molecule has 0 aliphatic carbocycles. The molecule has 1 aromatic carbocycles. The van der Waals surface area contributed by atoms with Crippen molar-refractivity contribution in [2.24, 2.45) is 0 Å². The Morgan fingerprint density at radius 3 is 2.44 bits per heavy atom. The van der Waals surface area contributed by atoms with E-state index < -0.39 is 0 Å². The van der Waals surface area contributed by atoms with E-state index in [1.165, 1.54) is 11.1 Å². The Morgan fingerprint density at radius 2 is 1.89 bits per heavy atom. The maximum Gasteiger partial charge on any atom is 0.101 e. The number of hydrogen-bond donors (Lipinski definition) is 0. The highest BCUT2D eigenvalue weighted by Crippen LogP contribution is 2.17. The summed E-state index contributed by atoms with van der Waals surface area (Å²) in [5.74, 6) is 0. The van der Waals surface area contributed by atoms with Crippen LogP contribution in [0.15, 0.2) is 42.6 Å². The third kappa shape index (κ3) is 2.83. The maximum absolute atomic E-state index is 9.22. The van der Waals surface area contributed by atoms with E-state index in [1.54, 1.807) is 6.20 Å². The maximum atomic E-state index is 9.22. The lowest BCUT2D eigenvalue weighted by atomic mass is 10.0. The van der Waals surface area contributed by atoms with Gasteiger partial charge in [-0.25, -0.2) is 0 Å². The first-order valence-electron chi connectivity index (χ1n) is 5.80. The molecule has 2 rings (SSSR count). The van der Waals surface area contributed by atoms with Crippen LogP contribution in [-0.2, 0) is 0 Å². The van der Waals surface area contributed by atoms with Crippen molar-refractivity contribution in [3.05, 3.63) is 65.0 Å². The van der Waals surface area contributed by atoms with Crippen LogP contribution in [0.3, 0.4) is 0 Å². The molecule has 2 nitrogen and oxygen atoms in total. The summed E-state index contributed by atoms with van der Waals surface area (Å²) in [7, 11) is 0. The largest absolute Gasteiger partial charge is 0.256 e. The van der Waals surface area contributed by atoms with Gasteiger partial charge < -0.3 is 0 Å². The van der Waals surface area contributed by atoms with Gasteiger partial charge in [0.05, 0.1) is 11.3 Å². The molecule has 0 atom stereocenters. The highest BCUT2D eigenvalue weighted by atomic mass is 14.7. The molecule has 0 fully saturated rings. The molecular formula is C16H14N2. The van der Waals surface area contributed by atoms with Crippen molar-refractivity contribution < 1.29 is 0 Å². The second-order valence-electron chi connectivity index (χ2n) is 4.31. The van der Waals surface area contributed by atoms with Crippen molar-refractivity contribution in [1.82, 2.24) is 4.98 Å². The minimum absolute atomic E-state index is 0.584. The van der Waals surface area contributed by atoms with Gasteiger partial charge in [-0.3, -0.25) is 4.98 Å². The van der Waals surface area contributed by atoms with Crippen molar-refractivity contribution >= 4 is 11.6 Å². The molecule has 0 bridgehead atoms. The van der Waals surface area contributed by atoms with Crippen LogP contribution in [0.25, 0.3) is 11.6 Å². The molecule has 2 heteroatoms. The highest BCUT2D eigenvalue weighted by molar-refractivity contribution is 5.88. The van der Waals surface area contributed by atoms with Crippen LogP contribution in [0.5, 0.6) is 0 Å². The van der Waals surface area contributed by atoms with E-state index in [4.69, 9.17) is 0 Å². The molecule has 0 spiro atoms. The van der Waals surface area contributed by atoms with Crippen LogP contribution in [0.1, 0.15) is 22.4 Å². The van der Waals surface area contributed by atoms with Crippen LogP contribution in [-0.4, -0.2) is 4.98 Å². The van der Waals surface area contributed by atoms with Crippen molar-refractivity contribution in [1.29, 1.82) is 5.26 Å². The lowest BCUT2D eigenvalue weighted by Gasteiger charge is -2.02. The zero-order valence-corrected chi connectivity index (χ0v) is 10.5. The number of allylic oxidation sites excluding steroid dienone is 1. The van der Waals surface area contributed by atoms with Crippen molar-refractivity contribution in [3.8, 4) is 6.07 Å². The standard InChI is InChI=1S/C16H14N2/c1-12-7-13(2)9-14(8-12)10-15(11-17)16-5-3-4-6-18-16/h3-10H,1-2H3. The topological polar surface area (TPSA) is 36.7 Å². The van der Waals surface area contributed by atoms with Gasteiger partial charge in [0, 0.05) is 6.20 Å². The minimum atomic E-state index is 0.584. The Bertz CT molecular complexity index is 599. The fourth-order valence-corrected chi connectivity index (χ4v) is 1.95. The Labute approximate surface area is 107 Å². The van der Waals surface area contributed by atoms with Gasteiger partial charge in [-0.2, -0.15) is 5.26 Å². The Morgan fingerprint density at radius 1 is 1.17 bits per heavy atom. The summed E-state index contributed by atoms with van der Waals surface area (Å²) in [5.41, 5.74) is 4.72. The number of nitrogens with zero attached hydrogens (tertiary/aromatic N) is 2. The summed E-state index contributed by atoms with van der Waals surface area (Å²) >= 11 is 0. The lowest BCUT2D eigenvalue weighted by Crippen LogP contribution is -1.87. The Balaban J connectivity index is 2.45. The summed E-state index contributed by atoms with van der Waals surface area (Å²) in [6.07, 6.45) is 3.57. The number of aryl methyl sites for hydroxylation is 2. The fraction of sp³-hybridized carbons (Fsp3) is 0.125. The van der Waals surface area contributed by atoms with E-state index >= 15 is 0 Å². The van der Waals surface area contributed by atoms with E-state index in [2.05, 4.69) is 43.1 Å². The van der Waals surface area contributed by atoms with Gasteiger partial charge in [0.25, 0.3) is 0 Å². The van der Waals surface area contributed by atoms with E-state index in [0.29, 0.717) is 11.3 Å². The smallest absolute Gasteiger partial charge is 0.101 e. The molecular weight excluding hydrogens is 220 g/mol. The van der Waals surface area contributed by atoms with Crippen molar-refractivity contribution in [3.63, 3.8) is 0 Å². The molecule has 1 aromatic heterocycles. The number of aromatic nitrogens is 1. The van der Waals surface area contributed by atoms with E-state index in [-0.39, 0.29) is 0 Å². The van der Waals surface area contributed by atoms with Crippen LogP contribution in [0, 0.1) is 25.2 Å². The zero-order valence-electron chi connectivity index (χ0n) is 10.5. The summed E-state index contributed by atoms with van der Waals surface area (Å²) in [4.78, 5) is 4.20. The number of rotatable bonds is 2. The van der Waals surface area contributed by atoms with Gasteiger partial charge >= 0.3 is 0 Å². The summed E-state index contributed by atoms with van der Waals surface area (Å²) in [6.45, 7) is 4.11. The first kappa shape index (κ1) is 12.1. The predicted molar refractivity (Wildman–Crippen MR) is 73.6 cm³/mol. The van der Waals surface area contributed by atoms with Gasteiger partial charge in [0.1, 0.15) is 6.07 Å². The Hall–Kier alpha value is -2.40. The fourth-order valence-electron chi connectivity index (χ4n) is 1.95. The third-order valence-corrected chi connectivity index (χ3v) is 2.62. The predicted octanol–water partition coefficient (Wildman–Crippen LogP) is 3.76. The average Bonchev–Trinajstić information content (AvgIpc) is 2.36. The van der Waals surface area contributed by atoms with Crippen molar-refractivity contribution in [2.45, 2.75) is 13.8 Å². The molecule has 0 aliphatic rings. The average molecular weight is 234 g/mol. The van der Waals surface area contributed by atoms with E-state index in [1.807, 2.05) is 24.3 Å². The molecule has 0 amide bonds. The second-order valence-corrected chi connectivity index (χ2v) is 4.31. The lowest BCUT2D eigenvalue weighted by molar-refractivity contribution is 1.28. The summed E-state index contributed by atoms with van der Waals surface area (Å²) in [5, 5.41) is 9.22. The normalized spacial score (nSPS) is 11.1. The third-order valence-electron chi connectivity index (χ3n) is 2.62. The van der Waals surface area contributed by atoms with Gasteiger partial charge in [-0.1, -0.05) is 35.4 Å². The van der Waals surface area contributed by atoms with Gasteiger partial charge in [-0.05, 0) is 37.6 Å². The van der Waals surface area contributed by atoms with Gasteiger partial charge in [0.2, 0.25) is 0 Å². The first-order chi connectivity index (χ1) is 8.69. The first-order valence-corrected chi connectivity index (χ1v) is 5.80. The molecule has 0 saturated carbocycles. The molecule has 18 heavy (non-hydrogen) atoms. The SMILES string of the molecule is Cc1cc(C)cc(C=C(C#N)c2ccccn2)c1. The van der Waals surface area contributed by atoms with Crippen LogP contribution >= 0.6 is 0 Å². The number of benzene rings is 1. The summed E-state index contributed by atoms with van der Waals surface area (Å²) < 4.78 is 0. The van der Waals surface area contributed by atoms with E-state index in [9.17, 15) is 5.26 Å². The zero-order chi connectivity index (χ0) is 13.0. The molecule has 0 radical (unpaired) electrons. The number of pyridine rings is 1. The van der Waals surface area contributed by atoms with Crippen LogP contribution in [0.4, 0.5) is 0 Å². The van der Waals surface area contributed by atoms with Crippen LogP contribution < -0.4 is 0 Å². The molecule has 2 aromatic rings. The molecule has 0 unspecified atom stereocenters.